The van der Waals surface area contributed by atoms with Crippen molar-refractivity contribution in [2.45, 2.75) is 37.7 Å². The van der Waals surface area contributed by atoms with E-state index in [4.69, 9.17) is 0 Å². The van der Waals surface area contributed by atoms with Gasteiger partial charge in [-0.15, -0.1) is 13.2 Å². The number of nitrogens with zero attached hydrogens (tertiary/aromatic N) is 1. The topological polar surface area (TPSA) is 24.5 Å². The maximum atomic E-state index is 12.1. The largest absolute Gasteiger partial charge is 0.573 e. The number of benzene rings is 1. The zero-order chi connectivity index (χ0) is 14.2. The minimum Gasteiger partial charge on any atom is -0.406 e. The molecule has 0 saturated carbocycles. The Morgan fingerprint density at radius 1 is 1.05 bits per heavy atom. The van der Waals surface area contributed by atoms with Gasteiger partial charge in [0.05, 0.1) is 0 Å². The van der Waals surface area contributed by atoms with E-state index >= 15 is 0 Å². The van der Waals surface area contributed by atoms with Crippen LogP contribution in [0.2, 0.25) is 0 Å². The lowest BCUT2D eigenvalue weighted by Crippen LogP contribution is -2.58. The van der Waals surface area contributed by atoms with E-state index in [1.165, 1.54) is 31.4 Å². The summed E-state index contributed by atoms with van der Waals surface area (Å²) in [6.07, 6.45) is -1.04. The Balaban J connectivity index is 1.68. The first-order chi connectivity index (χ1) is 9.49. The number of piperidine rings is 1. The van der Waals surface area contributed by atoms with Crippen LogP contribution in [0.25, 0.3) is 0 Å². The summed E-state index contributed by atoms with van der Waals surface area (Å²) in [6.45, 7) is 1.83. The van der Waals surface area contributed by atoms with Gasteiger partial charge in [0.15, 0.2) is 0 Å². The highest BCUT2D eigenvalue weighted by atomic mass is 19.4. The number of halogens is 3. The lowest BCUT2D eigenvalue weighted by molar-refractivity contribution is -0.274. The van der Waals surface area contributed by atoms with E-state index in [1.54, 1.807) is 12.1 Å². The van der Waals surface area contributed by atoms with Crippen LogP contribution in [0, 0.1) is 0 Å². The monoisotopic (exact) mass is 286 g/mol. The molecule has 0 aliphatic carbocycles. The highest BCUT2D eigenvalue weighted by Crippen LogP contribution is 2.28. The molecule has 0 radical (unpaired) electrons. The maximum absolute atomic E-state index is 12.1. The van der Waals surface area contributed by atoms with Crippen LogP contribution in [-0.2, 0) is 0 Å². The quantitative estimate of drug-likeness (QED) is 0.904. The lowest BCUT2D eigenvalue weighted by atomic mass is 9.94. The van der Waals surface area contributed by atoms with Crippen LogP contribution in [-0.4, -0.2) is 31.5 Å². The highest BCUT2D eigenvalue weighted by molar-refractivity contribution is 5.50. The van der Waals surface area contributed by atoms with Gasteiger partial charge in [-0.25, -0.2) is 0 Å². The Hall–Kier alpha value is -1.43. The fourth-order valence-electron chi connectivity index (χ4n) is 3.07. The molecule has 2 aliphatic heterocycles. The van der Waals surface area contributed by atoms with E-state index in [2.05, 4.69) is 15.0 Å². The van der Waals surface area contributed by atoms with E-state index < -0.39 is 6.36 Å². The third-order valence-electron chi connectivity index (χ3n) is 3.89. The van der Waals surface area contributed by atoms with Crippen molar-refractivity contribution in [2.75, 3.05) is 18.0 Å². The molecule has 0 spiro atoms. The van der Waals surface area contributed by atoms with Crippen molar-refractivity contribution in [2.24, 2.45) is 0 Å². The van der Waals surface area contributed by atoms with E-state index in [0.717, 1.165) is 18.8 Å². The first kappa shape index (κ1) is 13.5. The molecule has 2 saturated heterocycles. The molecule has 2 unspecified atom stereocenters. The summed E-state index contributed by atoms with van der Waals surface area (Å²) < 4.78 is 40.2. The first-order valence-corrected chi connectivity index (χ1v) is 6.86. The Kier molecular flexibility index (Phi) is 3.50. The third-order valence-corrected chi connectivity index (χ3v) is 3.89. The fraction of sp³-hybridized carbons (Fsp3) is 0.571. The van der Waals surface area contributed by atoms with E-state index in [-0.39, 0.29) is 5.75 Å². The maximum Gasteiger partial charge on any atom is 0.573 e. The third kappa shape index (κ3) is 3.17. The molecule has 3 rings (SSSR count). The average molecular weight is 286 g/mol. The van der Waals surface area contributed by atoms with Gasteiger partial charge in [-0.1, -0.05) is 6.42 Å². The molecule has 0 aromatic heterocycles. The van der Waals surface area contributed by atoms with Crippen molar-refractivity contribution in [3.63, 3.8) is 0 Å². The second kappa shape index (κ2) is 5.16. The van der Waals surface area contributed by atoms with Gasteiger partial charge in [0.2, 0.25) is 0 Å². The van der Waals surface area contributed by atoms with E-state index in [1.807, 2.05) is 0 Å². The number of rotatable bonds is 2. The second-order valence-electron chi connectivity index (χ2n) is 5.44. The van der Waals surface area contributed by atoms with Crippen molar-refractivity contribution in [1.82, 2.24) is 5.32 Å². The zero-order valence-corrected chi connectivity index (χ0v) is 11.0. The summed E-state index contributed by atoms with van der Waals surface area (Å²) in [6, 6.07) is 7.13. The molecule has 110 valence electrons. The van der Waals surface area contributed by atoms with E-state index in [0.29, 0.717) is 12.1 Å². The zero-order valence-electron chi connectivity index (χ0n) is 11.0. The molecule has 3 nitrogen and oxygen atoms in total. The molecular formula is C14H17F3N2O. The molecule has 1 N–H and O–H groups in total. The van der Waals surface area contributed by atoms with Gasteiger partial charge < -0.3 is 15.0 Å². The Morgan fingerprint density at radius 3 is 2.20 bits per heavy atom. The molecule has 6 heteroatoms. The van der Waals surface area contributed by atoms with Gasteiger partial charge in [0, 0.05) is 30.9 Å². The molecule has 2 atom stereocenters. The number of fused-ring (bicyclic) bond motifs is 2. The minimum atomic E-state index is -4.63. The first-order valence-electron chi connectivity index (χ1n) is 6.86. The number of nitrogens with one attached hydrogen (secondary N) is 1. The standard InChI is InChI=1S/C14H17F3N2O/c15-14(16,17)20-13-6-4-12(5-7-13)19-8-10-2-1-3-11(9-19)18-10/h4-7,10-11,18H,1-3,8-9H2. The van der Waals surface area contributed by atoms with Crippen molar-refractivity contribution < 1.29 is 17.9 Å². The normalized spacial score (nSPS) is 26.4. The summed E-state index contributed by atoms with van der Waals surface area (Å²) in [5.41, 5.74) is 0.956. The van der Waals surface area contributed by atoms with Crippen LogP contribution >= 0.6 is 0 Å². The number of piperazine rings is 1. The van der Waals surface area contributed by atoms with Crippen LogP contribution in [0.1, 0.15) is 19.3 Å². The van der Waals surface area contributed by atoms with Crippen LogP contribution < -0.4 is 15.0 Å². The highest BCUT2D eigenvalue weighted by Gasteiger charge is 2.32. The molecule has 0 amide bonds. The van der Waals surface area contributed by atoms with Crippen LogP contribution in [0.3, 0.4) is 0 Å². The van der Waals surface area contributed by atoms with Crippen LogP contribution in [0.15, 0.2) is 24.3 Å². The number of hydrogen-bond donors (Lipinski definition) is 1. The molecule has 1 aromatic carbocycles. The summed E-state index contributed by atoms with van der Waals surface area (Å²) >= 11 is 0. The average Bonchev–Trinajstić information content (AvgIpc) is 2.37. The predicted molar refractivity (Wildman–Crippen MR) is 69.9 cm³/mol. The summed E-state index contributed by atoms with van der Waals surface area (Å²) in [7, 11) is 0. The molecule has 2 heterocycles. The number of ether oxygens (including phenoxy) is 1. The molecule has 2 fully saturated rings. The van der Waals surface area contributed by atoms with Gasteiger partial charge in [-0.3, -0.25) is 0 Å². The molecular weight excluding hydrogens is 269 g/mol. The van der Waals surface area contributed by atoms with Crippen LogP contribution in [0.5, 0.6) is 5.75 Å². The van der Waals surface area contributed by atoms with Crippen LogP contribution in [0.4, 0.5) is 18.9 Å². The Labute approximate surface area is 115 Å². The summed E-state index contributed by atoms with van der Waals surface area (Å²) in [4.78, 5) is 2.24. The fourth-order valence-corrected chi connectivity index (χ4v) is 3.07. The van der Waals surface area contributed by atoms with Crippen molar-refractivity contribution in [3.05, 3.63) is 24.3 Å². The summed E-state index contributed by atoms with van der Waals surface area (Å²) in [5.74, 6) is -0.170. The van der Waals surface area contributed by atoms with Crippen molar-refractivity contribution >= 4 is 5.69 Å². The van der Waals surface area contributed by atoms with Gasteiger partial charge in [-0.2, -0.15) is 0 Å². The van der Waals surface area contributed by atoms with E-state index in [9.17, 15) is 13.2 Å². The van der Waals surface area contributed by atoms with Crippen molar-refractivity contribution in [3.8, 4) is 5.75 Å². The molecule has 1 aromatic rings. The molecule has 2 bridgehead atoms. The molecule has 2 aliphatic rings. The minimum absolute atomic E-state index is 0.170. The number of alkyl halides is 3. The van der Waals surface area contributed by atoms with Gasteiger partial charge in [-0.05, 0) is 37.1 Å². The van der Waals surface area contributed by atoms with Crippen molar-refractivity contribution in [1.29, 1.82) is 0 Å². The predicted octanol–water partition coefficient (Wildman–Crippen LogP) is 2.92. The van der Waals surface area contributed by atoms with Gasteiger partial charge >= 0.3 is 6.36 Å². The lowest BCUT2D eigenvalue weighted by Gasteiger charge is -2.43. The number of hydrogen-bond acceptors (Lipinski definition) is 3. The Bertz CT molecular complexity index is 448. The molecule has 20 heavy (non-hydrogen) atoms. The Morgan fingerprint density at radius 2 is 1.65 bits per heavy atom. The SMILES string of the molecule is FC(F)(F)Oc1ccc(N2CC3CCCC(C2)N3)cc1. The smallest absolute Gasteiger partial charge is 0.406 e. The summed E-state index contributed by atoms with van der Waals surface area (Å²) in [5, 5.41) is 3.58. The second-order valence-corrected chi connectivity index (χ2v) is 5.44. The number of anilines is 1. The van der Waals surface area contributed by atoms with Gasteiger partial charge in [0.25, 0.3) is 0 Å². The van der Waals surface area contributed by atoms with Gasteiger partial charge in [0.1, 0.15) is 5.75 Å².